The summed E-state index contributed by atoms with van der Waals surface area (Å²) in [6.45, 7) is 0. The predicted molar refractivity (Wildman–Crippen MR) is 93.0 cm³/mol. The number of hydrogen-bond donors (Lipinski definition) is 3. The molecule has 0 saturated carbocycles. The average Bonchev–Trinajstić information content (AvgIpc) is 3.31. The summed E-state index contributed by atoms with van der Waals surface area (Å²) in [6.07, 6.45) is 1.78. The van der Waals surface area contributed by atoms with Gasteiger partial charge < -0.3 is 5.11 Å². The maximum atomic E-state index is 11.2. The van der Waals surface area contributed by atoms with Gasteiger partial charge in [0, 0.05) is 16.2 Å². The number of carbonyl (C=O) groups is 1. The van der Waals surface area contributed by atoms with Crippen LogP contribution in [0.4, 0.5) is 0 Å². The van der Waals surface area contributed by atoms with Crippen LogP contribution in [0, 0.1) is 0 Å². The molecule has 8 heteroatoms. The third-order valence-electron chi connectivity index (χ3n) is 4.18. The summed E-state index contributed by atoms with van der Waals surface area (Å²) in [4.78, 5) is 11.2. The first-order valence-electron chi connectivity index (χ1n) is 7.88. The van der Waals surface area contributed by atoms with E-state index in [0.29, 0.717) is 11.3 Å². The summed E-state index contributed by atoms with van der Waals surface area (Å²) < 4.78 is 1.85. The molecular formula is C18H15N6O2+. The number of aromatic nitrogens is 6. The van der Waals surface area contributed by atoms with E-state index in [2.05, 4.69) is 25.7 Å². The molecule has 0 aliphatic heterocycles. The van der Waals surface area contributed by atoms with Crippen LogP contribution in [-0.2, 0) is 7.05 Å². The molecular weight excluding hydrogens is 332 g/mol. The molecule has 3 N–H and O–H groups in total. The fourth-order valence-electron chi connectivity index (χ4n) is 2.82. The van der Waals surface area contributed by atoms with Gasteiger partial charge in [-0.1, -0.05) is 41.6 Å². The summed E-state index contributed by atoms with van der Waals surface area (Å²) in [5.41, 5.74) is 5.08. The maximum absolute atomic E-state index is 11.2. The first-order chi connectivity index (χ1) is 12.6. The van der Waals surface area contributed by atoms with Crippen LogP contribution < -0.4 is 4.68 Å². The summed E-state index contributed by atoms with van der Waals surface area (Å²) in [5, 5.41) is 26.0. The van der Waals surface area contributed by atoms with E-state index in [0.717, 1.165) is 22.4 Å². The molecule has 0 atom stereocenters. The van der Waals surface area contributed by atoms with Crippen molar-refractivity contribution in [1.29, 1.82) is 0 Å². The average molecular weight is 347 g/mol. The van der Waals surface area contributed by atoms with Crippen LogP contribution in [-0.4, -0.2) is 36.8 Å². The van der Waals surface area contributed by atoms with E-state index in [1.807, 2.05) is 60.3 Å². The number of H-pyrrole nitrogens is 2. The van der Waals surface area contributed by atoms with E-state index in [-0.39, 0.29) is 5.69 Å². The van der Waals surface area contributed by atoms with Gasteiger partial charge in [-0.2, -0.15) is 15.0 Å². The van der Waals surface area contributed by atoms with Crippen molar-refractivity contribution in [3.8, 4) is 33.6 Å². The Morgan fingerprint density at radius 2 is 1.50 bits per heavy atom. The lowest BCUT2D eigenvalue weighted by atomic mass is 10.0. The number of rotatable bonds is 4. The quantitative estimate of drug-likeness (QED) is 0.489. The largest absolute Gasteiger partial charge is 0.476 e. The number of aromatic carboxylic acids is 1. The molecule has 0 saturated heterocycles. The zero-order valence-electron chi connectivity index (χ0n) is 13.8. The Balaban J connectivity index is 1.62. The molecule has 0 aliphatic rings. The number of hydrogen-bond acceptors (Lipinski definition) is 4. The summed E-state index contributed by atoms with van der Waals surface area (Å²) in [7, 11) is 1.91. The predicted octanol–water partition coefficient (Wildman–Crippen LogP) is 2.05. The number of carboxylic acid groups (broad SMARTS) is 1. The number of aryl methyl sites for hydroxylation is 1. The van der Waals surface area contributed by atoms with E-state index in [9.17, 15) is 4.79 Å². The van der Waals surface area contributed by atoms with E-state index >= 15 is 0 Å². The first kappa shape index (κ1) is 15.7. The molecule has 4 rings (SSSR count). The number of nitrogens with zero attached hydrogens (tertiary/aromatic N) is 4. The second-order valence-electron chi connectivity index (χ2n) is 5.78. The highest BCUT2D eigenvalue weighted by molar-refractivity contribution is 5.92. The van der Waals surface area contributed by atoms with E-state index in [1.165, 1.54) is 0 Å². The molecule has 0 spiro atoms. The van der Waals surface area contributed by atoms with Gasteiger partial charge in [0.25, 0.3) is 0 Å². The van der Waals surface area contributed by atoms with Gasteiger partial charge >= 0.3 is 5.97 Å². The van der Waals surface area contributed by atoms with Gasteiger partial charge in [0.15, 0.2) is 11.4 Å². The van der Waals surface area contributed by atoms with Gasteiger partial charge in [-0.25, -0.2) is 4.79 Å². The molecule has 2 aromatic heterocycles. The Bertz CT molecular complexity index is 1060. The van der Waals surface area contributed by atoms with Gasteiger partial charge in [0.1, 0.15) is 12.7 Å². The van der Waals surface area contributed by atoms with Gasteiger partial charge in [0.2, 0.25) is 6.20 Å². The fourth-order valence-corrected chi connectivity index (χ4v) is 2.82. The molecule has 0 unspecified atom stereocenters. The lowest BCUT2D eigenvalue weighted by molar-refractivity contribution is -0.720. The molecule has 2 heterocycles. The van der Waals surface area contributed by atoms with Crippen LogP contribution >= 0.6 is 0 Å². The van der Waals surface area contributed by atoms with Crippen molar-refractivity contribution in [1.82, 2.24) is 25.7 Å². The van der Waals surface area contributed by atoms with Crippen molar-refractivity contribution in [2.24, 2.45) is 7.05 Å². The molecule has 0 amide bonds. The molecule has 128 valence electrons. The highest BCUT2D eigenvalue weighted by Crippen LogP contribution is 2.26. The topological polar surface area (TPSA) is 111 Å². The van der Waals surface area contributed by atoms with Crippen molar-refractivity contribution in [2.45, 2.75) is 0 Å². The van der Waals surface area contributed by atoms with Gasteiger partial charge in [-0.3, -0.25) is 0 Å². The Morgan fingerprint density at radius 1 is 0.923 bits per heavy atom. The lowest BCUT2D eigenvalue weighted by Crippen LogP contribution is -2.32. The van der Waals surface area contributed by atoms with Crippen LogP contribution in [0.2, 0.25) is 0 Å². The molecule has 26 heavy (non-hydrogen) atoms. The van der Waals surface area contributed by atoms with Crippen molar-refractivity contribution < 1.29 is 14.6 Å². The molecule has 0 fully saturated rings. The van der Waals surface area contributed by atoms with Crippen molar-refractivity contribution in [3.63, 3.8) is 0 Å². The van der Waals surface area contributed by atoms with Gasteiger partial charge in [-0.05, 0) is 23.3 Å². The third-order valence-corrected chi connectivity index (χ3v) is 4.18. The second kappa shape index (κ2) is 6.25. The smallest absolute Gasteiger partial charge is 0.358 e. The molecule has 0 aliphatic carbocycles. The fraction of sp³-hybridized carbons (Fsp3) is 0.0556. The minimum Gasteiger partial charge on any atom is -0.476 e. The number of nitrogens with one attached hydrogen (secondary N) is 2. The molecule has 8 nitrogen and oxygen atoms in total. The zero-order chi connectivity index (χ0) is 18.1. The Morgan fingerprint density at radius 3 is 2.04 bits per heavy atom. The Labute approximate surface area is 148 Å². The highest BCUT2D eigenvalue weighted by Gasteiger charge is 2.16. The van der Waals surface area contributed by atoms with Gasteiger partial charge in [0.05, 0.1) is 0 Å². The van der Waals surface area contributed by atoms with Crippen LogP contribution in [0.3, 0.4) is 0 Å². The minimum atomic E-state index is -1.11. The standard InChI is InChI=1S/C18H14N6O2/c1-24-15(10-19-23-24)13-6-2-11(3-7-13)12-4-8-14(9-5-12)16-17(18(25)26)21-22-20-16/h2-10H,1H3,(H2,20,21,22,23,25,26)/p+1. The molecule has 0 bridgehead atoms. The second-order valence-corrected chi connectivity index (χ2v) is 5.78. The number of aromatic amines is 2. The Hall–Kier alpha value is -3.81. The van der Waals surface area contributed by atoms with E-state index < -0.39 is 5.97 Å². The monoisotopic (exact) mass is 347 g/mol. The zero-order valence-corrected chi connectivity index (χ0v) is 13.8. The molecule has 4 aromatic rings. The van der Waals surface area contributed by atoms with Gasteiger partial charge in [-0.15, -0.1) is 5.10 Å². The highest BCUT2D eigenvalue weighted by atomic mass is 16.4. The van der Waals surface area contributed by atoms with Crippen LogP contribution in [0.5, 0.6) is 0 Å². The SMILES string of the molecule is C[n+]1[nH]ncc1-c1ccc(-c2ccc(-c3n[nH]nc3C(=O)O)cc2)cc1. The third kappa shape index (κ3) is 2.73. The van der Waals surface area contributed by atoms with Crippen LogP contribution in [0.25, 0.3) is 33.6 Å². The summed E-state index contributed by atoms with van der Waals surface area (Å²) >= 11 is 0. The first-order valence-corrected chi connectivity index (χ1v) is 7.88. The Kier molecular flexibility index (Phi) is 3.77. The van der Waals surface area contributed by atoms with Crippen LogP contribution in [0.1, 0.15) is 10.5 Å². The number of carboxylic acids is 1. The summed E-state index contributed by atoms with van der Waals surface area (Å²) in [5.74, 6) is -1.11. The normalized spacial score (nSPS) is 10.8. The number of benzene rings is 2. The van der Waals surface area contributed by atoms with Crippen LogP contribution in [0.15, 0.2) is 54.7 Å². The lowest BCUT2D eigenvalue weighted by Gasteiger charge is -2.04. The maximum Gasteiger partial charge on any atom is 0.358 e. The molecule has 0 radical (unpaired) electrons. The van der Waals surface area contributed by atoms with Crippen molar-refractivity contribution in [3.05, 3.63) is 60.4 Å². The van der Waals surface area contributed by atoms with Crippen molar-refractivity contribution in [2.75, 3.05) is 0 Å². The van der Waals surface area contributed by atoms with Crippen molar-refractivity contribution >= 4 is 5.97 Å². The van der Waals surface area contributed by atoms with E-state index in [1.54, 1.807) is 6.20 Å². The molecule has 2 aromatic carbocycles. The minimum absolute atomic E-state index is 0.0879. The summed E-state index contributed by atoms with van der Waals surface area (Å²) in [6, 6.07) is 15.7. The van der Waals surface area contributed by atoms with E-state index in [4.69, 9.17) is 5.11 Å².